The SMILES string of the molecule is CNC[C@]1(O)Cc2ccccc2[C@@H]1Oc1cc(C)ccc1C. The Labute approximate surface area is 131 Å². The number of aliphatic hydroxyl groups is 1. The first-order chi connectivity index (χ1) is 10.5. The molecule has 1 aliphatic carbocycles. The molecular formula is C19H23NO2. The highest BCUT2D eigenvalue weighted by molar-refractivity contribution is 5.42. The summed E-state index contributed by atoms with van der Waals surface area (Å²) in [5.74, 6) is 0.844. The van der Waals surface area contributed by atoms with E-state index in [2.05, 4.69) is 36.5 Å². The predicted octanol–water partition coefficient (Wildman–Crippen LogP) is 2.93. The summed E-state index contributed by atoms with van der Waals surface area (Å²) in [4.78, 5) is 0. The summed E-state index contributed by atoms with van der Waals surface area (Å²) in [5, 5.41) is 14.2. The molecule has 2 atom stereocenters. The van der Waals surface area contributed by atoms with Gasteiger partial charge in [0.1, 0.15) is 11.4 Å². The molecule has 0 aliphatic heterocycles. The molecule has 0 heterocycles. The fourth-order valence-electron chi connectivity index (χ4n) is 3.26. The van der Waals surface area contributed by atoms with Gasteiger partial charge in [0.15, 0.2) is 6.10 Å². The second kappa shape index (κ2) is 5.75. The zero-order valence-corrected chi connectivity index (χ0v) is 13.4. The first-order valence-corrected chi connectivity index (χ1v) is 7.72. The van der Waals surface area contributed by atoms with Gasteiger partial charge in [0.05, 0.1) is 0 Å². The fraction of sp³-hybridized carbons (Fsp3) is 0.368. The van der Waals surface area contributed by atoms with Crippen LogP contribution in [0.15, 0.2) is 42.5 Å². The van der Waals surface area contributed by atoms with Crippen molar-refractivity contribution in [1.29, 1.82) is 0 Å². The number of rotatable bonds is 4. The Morgan fingerprint density at radius 2 is 2.00 bits per heavy atom. The number of aryl methyl sites for hydroxylation is 2. The molecule has 0 unspecified atom stereocenters. The van der Waals surface area contributed by atoms with E-state index in [4.69, 9.17) is 4.74 Å². The average Bonchev–Trinajstić information content (AvgIpc) is 2.76. The Hall–Kier alpha value is -1.84. The summed E-state index contributed by atoms with van der Waals surface area (Å²) in [5.41, 5.74) is 3.57. The van der Waals surface area contributed by atoms with Crippen LogP contribution in [0.25, 0.3) is 0 Å². The summed E-state index contributed by atoms with van der Waals surface area (Å²) in [6.07, 6.45) is 0.260. The van der Waals surface area contributed by atoms with E-state index >= 15 is 0 Å². The lowest BCUT2D eigenvalue weighted by molar-refractivity contribution is -0.0487. The number of ether oxygens (including phenoxy) is 1. The van der Waals surface area contributed by atoms with Crippen LogP contribution in [0, 0.1) is 13.8 Å². The van der Waals surface area contributed by atoms with Gasteiger partial charge in [0, 0.05) is 13.0 Å². The number of fused-ring (bicyclic) bond motifs is 1. The van der Waals surface area contributed by atoms with E-state index in [-0.39, 0.29) is 6.10 Å². The molecule has 0 amide bonds. The molecule has 22 heavy (non-hydrogen) atoms. The first kappa shape index (κ1) is 15.1. The lowest BCUT2D eigenvalue weighted by Crippen LogP contribution is -2.45. The van der Waals surface area contributed by atoms with Crippen molar-refractivity contribution >= 4 is 0 Å². The number of benzene rings is 2. The molecular weight excluding hydrogens is 274 g/mol. The average molecular weight is 297 g/mol. The van der Waals surface area contributed by atoms with Crippen LogP contribution in [-0.2, 0) is 6.42 Å². The van der Waals surface area contributed by atoms with Gasteiger partial charge in [-0.3, -0.25) is 0 Å². The first-order valence-electron chi connectivity index (χ1n) is 7.72. The zero-order valence-electron chi connectivity index (χ0n) is 13.4. The zero-order chi connectivity index (χ0) is 15.7. The minimum absolute atomic E-state index is 0.350. The molecule has 0 fully saturated rings. The monoisotopic (exact) mass is 297 g/mol. The highest BCUT2D eigenvalue weighted by Crippen LogP contribution is 2.42. The Morgan fingerprint density at radius 3 is 2.77 bits per heavy atom. The third-order valence-corrected chi connectivity index (χ3v) is 4.39. The lowest BCUT2D eigenvalue weighted by Gasteiger charge is -2.31. The molecule has 2 N–H and O–H groups in total. The molecule has 116 valence electrons. The van der Waals surface area contributed by atoms with E-state index < -0.39 is 5.60 Å². The molecule has 0 aromatic heterocycles. The molecule has 3 rings (SSSR count). The van der Waals surface area contributed by atoms with Gasteiger partial charge in [0.2, 0.25) is 0 Å². The maximum atomic E-state index is 11.1. The van der Waals surface area contributed by atoms with Crippen LogP contribution in [-0.4, -0.2) is 24.3 Å². The van der Waals surface area contributed by atoms with Gasteiger partial charge in [-0.05, 0) is 49.2 Å². The van der Waals surface area contributed by atoms with Gasteiger partial charge in [-0.2, -0.15) is 0 Å². The summed E-state index contributed by atoms with van der Waals surface area (Å²) in [6.45, 7) is 4.58. The van der Waals surface area contributed by atoms with Gasteiger partial charge < -0.3 is 15.2 Å². The molecule has 0 saturated carbocycles. The topological polar surface area (TPSA) is 41.5 Å². The van der Waals surface area contributed by atoms with Crippen molar-refractivity contribution < 1.29 is 9.84 Å². The van der Waals surface area contributed by atoms with Crippen LogP contribution in [0.4, 0.5) is 0 Å². The maximum Gasteiger partial charge on any atom is 0.154 e. The minimum atomic E-state index is -0.922. The van der Waals surface area contributed by atoms with Gasteiger partial charge >= 0.3 is 0 Å². The van der Waals surface area contributed by atoms with Crippen LogP contribution in [0.2, 0.25) is 0 Å². The Balaban J connectivity index is 1.99. The van der Waals surface area contributed by atoms with Crippen molar-refractivity contribution in [3.63, 3.8) is 0 Å². The summed E-state index contributed by atoms with van der Waals surface area (Å²) in [7, 11) is 1.86. The fourth-order valence-corrected chi connectivity index (χ4v) is 3.26. The Kier molecular flexibility index (Phi) is 3.94. The van der Waals surface area contributed by atoms with E-state index in [0.29, 0.717) is 13.0 Å². The standard InChI is InChI=1S/C19H23NO2/c1-13-8-9-14(2)17(10-13)22-18-16-7-5-4-6-15(16)11-19(18,21)12-20-3/h4-10,18,20-21H,11-12H2,1-3H3/t18-,19+/m0/s1. The van der Waals surface area contributed by atoms with E-state index in [1.54, 1.807) is 0 Å². The summed E-state index contributed by atoms with van der Waals surface area (Å²) < 4.78 is 6.29. The highest BCUT2D eigenvalue weighted by atomic mass is 16.5. The second-order valence-electron chi connectivity index (χ2n) is 6.28. The van der Waals surface area contributed by atoms with Crippen molar-refractivity contribution in [3.05, 3.63) is 64.7 Å². The molecule has 1 aliphatic rings. The van der Waals surface area contributed by atoms with Gasteiger partial charge in [-0.15, -0.1) is 0 Å². The van der Waals surface area contributed by atoms with Gasteiger partial charge in [-0.25, -0.2) is 0 Å². The maximum absolute atomic E-state index is 11.1. The molecule has 0 spiro atoms. The summed E-state index contributed by atoms with van der Waals surface area (Å²) >= 11 is 0. The summed E-state index contributed by atoms with van der Waals surface area (Å²) in [6, 6.07) is 14.3. The molecule has 2 aromatic carbocycles. The highest BCUT2D eigenvalue weighted by Gasteiger charge is 2.46. The molecule has 0 radical (unpaired) electrons. The molecule has 0 bridgehead atoms. The van der Waals surface area contributed by atoms with Crippen molar-refractivity contribution in [2.75, 3.05) is 13.6 Å². The van der Waals surface area contributed by atoms with Crippen molar-refractivity contribution in [2.45, 2.75) is 32.0 Å². The van der Waals surface area contributed by atoms with Gasteiger partial charge in [-0.1, -0.05) is 36.4 Å². The van der Waals surface area contributed by atoms with Crippen LogP contribution >= 0.6 is 0 Å². The van der Waals surface area contributed by atoms with Crippen LogP contribution in [0.5, 0.6) is 5.75 Å². The second-order valence-corrected chi connectivity index (χ2v) is 6.28. The van der Waals surface area contributed by atoms with E-state index in [0.717, 1.165) is 28.0 Å². The van der Waals surface area contributed by atoms with E-state index in [1.165, 1.54) is 0 Å². The van der Waals surface area contributed by atoms with Crippen LogP contribution < -0.4 is 10.1 Å². The third-order valence-electron chi connectivity index (χ3n) is 4.39. The Morgan fingerprint density at radius 1 is 1.23 bits per heavy atom. The number of likely N-dealkylation sites (N-methyl/N-ethyl adjacent to an activating group) is 1. The van der Waals surface area contributed by atoms with E-state index in [1.807, 2.05) is 32.2 Å². The third kappa shape index (κ3) is 2.62. The largest absolute Gasteiger partial charge is 0.482 e. The van der Waals surface area contributed by atoms with Crippen LogP contribution in [0.1, 0.15) is 28.4 Å². The number of hydrogen-bond acceptors (Lipinski definition) is 3. The van der Waals surface area contributed by atoms with Crippen LogP contribution in [0.3, 0.4) is 0 Å². The smallest absolute Gasteiger partial charge is 0.154 e. The molecule has 3 nitrogen and oxygen atoms in total. The van der Waals surface area contributed by atoms with E-state index in [9.17, 15) is 5.11 Å². The number of hydrogen-bond donors (Lipinski definition) is 2. The van der Waals surface area contributed by atoms with Crippen molar-refractivity contribution in [1.82, 2.24) is 5.32 Å². The van der Waals surface area contributed by atoms with Gasteiger partial charge in [0.25, 0.3) is 0 Å². The van der Waals surface area contributed by atoms with Crippen molar-refractivity contribution in [2.24, 2.45) is 0 Å². The molecule has 3 heteroatoms. The lowest BCUT2D eigenvalue weighted by atomic mass is 9.97. The quantitative estimate of drug-likeness (QED) is 0.911. The normalized spacial score (nSPS) is 23.4. The van der Waals surface area contributed by atoms with Crippen molar-refractivity contribution in [3.8, 4) is 5.75 Å². The molecule has 0 saturated heterocycles. The number of nitrogens with one attached hydrogen (secondary N) is 1. The predicted molar refractivity (Wildman–Crippen MR) is 88.3 cm³/mol. The minimum Gasteiger partial charge on any atom is -0.482 e. The molecule has 2 aromatic rings. The Bertz CT molecular complexity index is 683.